The molecule has 2 heterocycles. The minimum atomic E-state index is -0.776. The predicted molar refractivity (Wildman–Crippen MR) is 120 cm³/mol. The fourth-order valence-corrected chi connectivity index (χ4v) is 5.13. The van der Waals surface area contributed by atoms with E-state index in [9.17, 15) is 14.3 Å². The number of rotatable bonds is 6. The summed E-state index contributed by atoms with van der Waals surface area (Å²) in [5.74, 6) is -0.258. The first-order chi connectivity index (χ1) is 14.9. The van der Waals surface area contributed by atoms with Gasteiger partial charge in [-0.3, -0.25) is 0 Å². The van der Waals surface area contributed by atoms with Crippen LogP contribution in [0.1, 0.15) is 43.2 Å². The second-order valence-electron chi connectivity index (χ2n) is 8.14. The van der Waals surface area contributed by atoms with Crippen LogP contribution >= 0.6 is 11.3 Å². The summed E-state index contributed by atoms with van der Waals surface area (Å²) in [6, 6.07) is 18.1. The Kier molecular flexibility index (Phi) is 6.12. The summed E-state index contributed by atoms with van der Waals surface area (Å²) in [5.41, 5.74) is 2.16. The molecule has 3 atom stereocenters. The van der Waals surface area contributed by atoms with E-state index in [1.807, 2.05) is 48.7 Å². The van der Waals surface area contributed by atoms with E-state index >= 15 is 0 Å². The molecule has 1 amide bonds. The number of ether oxygens (including phenoxy) is 1. The molecule has 4 rings (SSSR count). The van der Waals surface area contributed by atoms with Crippen molar-refractivity contribution >= 4 is 17.4 Å². The normalized spacial score (nSPS) is 20.9. The summed E-state index contributed by atoms with van der Waals surface area (Å²) in [6.45, 7) is 4.26. The van der Waals surface area contributed by atoms with Gasteiger partial charge in [0, 0.05) is 24.3 Å². The number of cyclic esters (lactones) is 1. The summed E-state index contributed by atoms with van der Waals surface area (Å²) >= 11 is 1.55. The molecule has 1 unspecified atom stereocenters. The summed E-state index contributed by atoms with van der Waals surface area (Å²) in [7, 11) is 0. The predicted octanol–water partition coefficient (Wildman–Crippen LogP) is 6.12. The third-order valence-corrected chi connectivity index (χ3v) is 6.96. The number of amides is 1. The third-order valence-electron chi connectivity index (χ3n) is 5.91. The molecular formula is C25H26FNO3S. The zero-order valence-corrected chi connectivity index (χ0v) is 18.4. The van der Waals surface area contributed by atoms with Crippen LogP contribution in [0.15, 0.2) is 66.0 Å². The summed E-state index contributed by atoms with van der Waals surface area (Å²) in [5, 5.41) is 12.0. The van der Waals surface area contributed by atoms with Crippen molar-refractivity contribution in [3.63, 3.8) is 0 Å². The number of benzene rings is 2. The van der Waals surface area contributed by atoms with Crippen molar-refractivity contribution in [2.45, 2.75) is 44.4 Å². The molecular weight excluding hydrogens is 413 g/mol. The van der Waals surface area contributed by atoms with Gasteiger partial charge in [0.05, 0.1) is 12.1 Å². The number of nitrogens with zero attached hydrogens (tertiary/aromatic N) is 1. The Hall–Kier alpha value is -2.70. The van der Waals surface area contributed by atoms with Crippen LogP contribution in [0.5, 0.6) is 0 Å². The maximum atomic E-state index is 13.2. The van der Waals surface area contributed by atoms with Gasteiger partial charge in [-0.25, -0.2) is 9.18 Å². The van der Waals surface area contributed by atoms with E-state index < -0.39 is 11.7 Å². The minimum Gasteiger partial charge on any atom is -0.437 e. The van der Waals surface area contributed by atoms with Gasteiger partial charge >= 0.3 is 6.09 Å². The van der Waals surface area contributed by atoms with Gasteiger partial charge in [0.25, 0.3) is 0 Å². The first-order valence-corrected chi connectivity index (χ1v) is 11.3. The second kappa shape index (κ2) is 8.81. The maximum Gasteiger partial charge on any atom is 0.411 e. The van der Waals surface area contributed by atoms with Gasteiger partial charge in [-0.1, -0.05) is 42.5 Å². The van der Waals surface area contributed by atoms with E-state index in [-0.39, 0.29) is 18.0 Å². The fraction of sp³-hybridized carbons (Fsp3) is 0.320. The number of carbonyl (C=O) groups excluding carboxylic acids is 1. The highest BCUT2D eigenvalue weighted by atomic mass is 32.1. The lowest BCUT2D eigenvalue weighted by atomic mass is 9.89. The molecule has 1 N–H and O–H groups in total. The zero-order chi connectivity index (χ0) is 22.0. The number of carbonyl (C=O) groups is 1. The highest BCUT2D eigenvalue weighted by molar-refractivity contribution is 7.10. The minimum absolute atomic E-state index is 0.150. The molecule has 2 aromatic carbocycles. The fourth-order valence-electron chi connectivity index (χ4n) is 4.23. The van der Waals surface area contributed by atoms with Crippen LogP contribution < -0.4 is 0 Å². The molecule has 0 spiro atoms. The number of aliphatic hydroxyl groups excluding tert-OH is 1. The smallest absolute Gasteiger partial charge is 0.411 e. The van der Waals surface area contributed by atoms with Gasteiger partial charge in [0.15, 0.2) is 5.60 Å². The Bertz CT molecular complexity index is 1020. The van der Waals surface area contributed by atoms with Crippen LogP contribution in [-0.4, -0.2) is 28.7 Å². The summed E-state index contributed by atoms with van der Waals surface area (Å²) in [6.07, 6.45) is 0.0732. The van der Waals surface area contributed by atoms with E-state index in [1.165, 1.54) is 12.1 Å². The van der Waals surface area contributed by atoms with Crippen LogP contribution in [-0.2, 0) is 10.3 Å². The number of hydrogen-bond acceptors (Lipinski definition) is 4. The van der Waals surface area contributed by atoms with Crippen LogP contribution in [0.25, 0.3) is 11.1 Å². The summed E-state index contributed by atoms with van der Waals surface area (Å²) in [4.78, 5) is 15.7. The SMILES string of the molecule is CC(c1ccc(-c2ccc(F)cc2)cc1)N1CC[C@@](C[C@H](C)O)(c2cccs2)OC1=O. The van der Waals surface area contributed by atoms with Crippen LogP contribution in [0, 0.1) is 5.82 Å². The first-order valence-electron chi connectivity index (χ1n) is 10.5. The third kappa shape index (κ3) is 4.50. The average Bonchev–Trinajstić information content (AvgIpc) is 3.29. The Morgan fingerprint density at radius 3 is 2.29 bits per heavy atom. The van der Waals surface area contributed by atoms with Crippen LogP contribution in [0.2, 0.25) is 0 Å². The Labute approximate surface area is 185 Å². The molecule has 0 bridgehead atoms. The lowest BCUT2D eigenvalue weighted by Gasteiger charge is -2.43. The molecule has 1 saturated heterocycles. The molecule has 0 saturated carbocycles. The van der Waals surface area contributed by atoms with Gasteiger partial charge in [-0.15, -0.1) is 11.3 Å². The first kappa shape index (κ1) is 21.5. The Morgan fingerprint density at radius 1 is 1.10 bits per heavy atom. The van der Waals surface area contributed by atoms with E-state index in [0.29, 0.717) is 19.4 Å². The molecule has 1 fully saturated rings. The van der Waals surface area contributed by atoms with Gasteiger partial charge in [-0.05, 0) is 54.1 Å². The lowest BCUT2D eigenvalue weighted by molar-refractivity contribution is -0.0794. The van der Waals surface area contributed by atoms with Crippen molar-refractivity contribution in [2.24, 2.45) is 0 Å². The highest BCUT2D eigenvalue weighted by Gasteiger charge is 2.44. The Morgan fingerprint density at radius 2 is 1.74 bits per heavy atom. The zero-order valence-electron chi connectivity index (χ0n) is 17.6. The molecule has 0 aliphatic carbocycles. The molecule has 3 aromatic rings. The molecule has 1 aliphatic rings. The van der Waals surface area contributed by atoms with Gasteiger partial charge in [0.2, 0.25) is 0 Å². The molecule has 0 radical (unpaired) electrons. The topological polar surface area (TPSA) is 49.8 Å². The van der Waals surface area contributed by atoms with Crippen molar-refractivity contribution < 1.29 is 19.0 Å². The Balaban J connectivity index is 1.50. The van der Waals surface area contributed by atoms with Gasteiger partial charge in [-0.2, -0.15) is 0 Å². The average molecular weight is 440 g/mol. The van der Waals surface area contributed by atoms with Crippen LogP contribution in [0.3, 0.4) is 0 Å². The number of halogens is 1. The lowest BCUT2D eigenvalue weighted by Crippen LogP contribution is -2.49. The van der Waals surface area contributed by atoms with E-state index in [4.69, 9.17) is 4.74 Å². The van der Waals surface area contributed by atoms with Crippen molar-refractivity contribution in [1.82, 2.24) is 4.90 Å². The van der Waals surface area contributed by atoms with Crippen LogP contribution in [0.4, 0.5) is 9.18 Å². The van der Waals surface area contributed by atoms with E-state index in [2.05, 4.69) is 0 Å². The molecule has 162 valence electrons. The van der Waals surface area contributed by atoms with E-state index in [1.54, 1.807) is 35.3 Å². The van der Waals surface area contributed by atoms with Gasteiger partial charge in [0.1, 0.15) is 5.82 Å². The molecule has 31 heavy (non-hydrogen) atoms. The molecule has 1 aromatic heterocycles. The van der Waals surface area contributed by atoms with Crippen molar-refractivity contribution in [2.75, 3.05) is 6.54 Å². The van der Waals surface area contributed by atoms with E-state index in [0.717, 1.165) is 21.6 Å². The maximum absolute atomic E-state index is 13.2. The van der Waals surface area contributed by atoms with Crippen molar-refractivity contribution in [3.05, 3.63) is 82.3 Å². The second-order valence-corrected chi connectivity index (χ2v) is 9.09. The van der Waals surface area contributed by atoms with Crippen molar-refractivity contribution in [3.8, 4) is 11.1 Å². The quantitative estimate of drug-likeness (QED) is 0.503. The molecule has 6 heteroatoms. The standard InChI is InChI=1S/C25H26FNO3S/c1-17(28)16-25(23-4-3-15-31-23)13-14-27(24(29)30-25)18(2)19-5-7-20(8-6-19)21-9-11-22(26)12-10-21/h3-12,15,17-18,28H,13-14,16H2,1-2H3/t17-,18?,25+/m0/s1. The largest absolute Gasteiger partial charge is 0.437 e. The monoisotopic (exact) mass is 439 g/mol. The number of aliphatic hydroxyl groups is 1. The summed E-state index contributed by atoms with van der Waals surface area (Å²) < 4.78 is 19.2. The highest BCUT2D eigenvalue weighted by Crippen LogP contribution is 2.42. The number of thiophene rings is 1. The number of hydrogen-bond donors (Lipinski definition) is 1. The molecule has 1 aliphatic heterocycles. The van der Waals surface area contributed by atoms with Crippen molar-refractivity contribution in [1.29, 1.82) is 0 Å². The van der Waals surface area contributed by atoms with Gasteiger partial charge < -0.3 is 14.7 Å². The molecule has 4 nitrogen and oxygen atoms in total.